The van der Waals surface area contributed by atoms with E-state index in [1.165, 1.54) is 12.1 Å². The fourth-order valence-electron chi connectivity index (χ4n) is 1.67. The molecule has 0 N–H and O–H groups in total. The number of halogens is 1. The average Bonchev–Trinajstić information content (AvgIpc) is 2.35. The van der Waals surface area contributed by atoms with E-state index < -0.39 is 9.92 Å². The molecule has 0 saturated carbocycles. The average molecular weight is 284 g/mol. The van der Waals surface area contributed by atoms with Crippen LogP contribution in [0.2, 0.25) is 0 Å². The first kappa shape index (κ1) is 15.6. The molecule has 1 aromatic carbocycles. The van der Waals surface area contributed by atoms with Crippen molar-refractivity contribution in [3.05, 3.63) is 34.4 Å². The van der Waals surface area contributed by atoms with Gasteiger partial charge in [-0.15, -0.1) is 0 Å². The Balaban J connectivity index is 2.94. The van der Waals surface area contributed by atoms with Crippen LogP contribution in [0.1, 0.15) is 27.7 Å². The quantitative estimate of drug-likeness (QED) is 0.253. The minimum Gasteiger partial charge on any atom is -0.258 e. The Morgan fingerprint density at radius 3 is 2.00 bits per heavy atom. The Morgan fingerprint density at radius 2 is 1.63 bits per heavy atom. The van der Waals surface area contributed by atoms with Gasteiger partial charge in [-0.2, -0.15) is 10.2 Å². The molecule has 0 spiro atoms. The van der Waals surface area contributed by atoms with Gasteiger partial charge in [-0.1, -0.05) is 39.3 Å². The van der Waals surface area contributed by atoms with Crippen molar-refractivity contribution in [2.24, 2.45) is 22.1 Å². The highest BCUT2D eigenvalue weighted by Crippen LogP contribution is 2.36. The molecule has 0 bridgehead atoms. The van der Waals surface area contributed by atoms with E-state index in [1.807, 2.05) is 27.7 Å². The van der Waals surface area contributed by atoms with Crippen LogP contribution in [0.4, 0.5) is 11.4 Å². The van der Waals surface area contributed by atoms with Gasteiger partial charge in [-0.05, 0) is 24.0 Å². The van der Waals surface area contributed by atoms with Crippen molar-refractivity contribution in [2.75, 3.05) is 0 Å². The fraction of sp³-hybridized carbons (Fsp3) is 0.538. The molecule has 5 nitrogen and oxygen atoms in total. The number of nitrogens with zero attached hydrogens (tertiary/aromatic N) is 3. The summed E-state index contributed by atoms with van der Waals surface area (Å²) < 4.78 is 0. The van der Waals surface area contributed by atoms with Gasteiger partial charge in [0.1, 0.15) is 0 Å². The summed E-state index contributed by atoms with van der Waals surface area (Å²) in [5.41, 5.74) is 0.584. The van der Waals surface area contributed by atoms with Crippen LogP contribution in [-0.4, -0.2) is 9.92 Å². The van der Waals surface area contributed by atoms with E-state index in [9.17, 15) is 10.1 Å². The molecule has 0 fully saturated rings. The minimum atomic E-state index is -0.762. The fourth-order valence-corrected chi connectivity index (χ4v) is 1.71. The first-order chi connectivity index (χ1) is 8.77. The third kappa shape index (κ3) is 3.73. The van der Waals surface area contributed by atoms with E-state index in [2.05, 4.69) is 10.2 Å². The molecule has 0 aliphatic rings. The molecule has 0 radical (unpaired) electrons. The smallest absolute Gasteiger partial charge is 0.258 e. The van der Waals surface area contributed by atoms with Crippen molar-refractivity contribution in [1.82, 2.24) is 0 Å². The number of alkyl halides is 1. The molecule has 0 aliphatic heterocycles. The van der Waals surface area contributed by atoms with E-state index in [0.29, 0.717) is 5.69 Å². The summed E-state index contributed by atoms with van der Waals surface area (Å²) in [6, 6.07) is 5.91. The lowest BCUT2D eigenvalue weighted by atomic mass is 9.93. The van der Waals surface area contributed by atoms with Crippen LogP contribution >= 0.6 is 11.6 Å². The minimum absolute atomic E-state index is 0.0313. The molecule has 0 unspecified atom stereocenters. The van der Waals surface area contributed by atoms with Crippen molar-refractivity contribution >= 4 is 23.0 Å². The SMILES string of the molecule is CC(C)C(Cl)(N=Nc1ccc([N+](=O)[O-])cc1)C(C)C. The summed E-state index contributed by atoms with van der Waals surface area (Å²) in [5.74, 6) is 0.270. The van der Waals surface area contributed by atoms with Crippen LogP contribution in [0.3, 0.4) is 0 Å². The molecule has 19 heavy (non-hydrogen) atoms. The van der Waals surface area contributed by atoms with E-state index in [1.54, 1.807) is 12.1 Å². The van der Waals surface area contributed by atoms with Gasteiger partial charge in [0.15, 0.2) is 5.00 Å². The molecular formula is C13H18ClN3O2. The van der Waals surface area contributed by atoms with Gasteiger partial charge in [-0.3, -0.25) is 10.1 Å². The third-order valence-corrected chi connectivity index (χ3v) is 3.95. The number of hydrogen-bond donors (Lipinski definition) is 0. The zero-order chi connectivity index (χ0) is 14.6. The van der Waals surface area contributed by atoms with Gasteiger partial charge in [0, 0.05) is 12.1 Å². The number of nitro benzene ring substituents is 1. The molecule has 0 atom stereocenters. The van der Waals surface area contributed by atoms with Gasteiger partial charge in [0.25, 0.3) is 5.69 Å². The van der Waals surface area contributed by atoms with Crippen molar-refractivity contribution in [3.8, 4) is 0 Å². The summed E-state index contributed by atoms with van der Waals surface area (Å²) in [5, 5.41) is 18.9. The molecule has 0 aromatic heterocycles. The van der Waals surface area contributed by atoms with E-state index >= 15 is 0 Å². The molecule has 1 rings (SSSR count). The molecule has 0 saturated heterocycles. The van der Waals surface area contributed by atoms with Gasteiger partial charge in [0.05, 0.1) is 10.6 Å². The Hall–Kier alpha value is -1.49. The summed E-state index contributed by atoms with van der Waals surface area (Å²) in [6.07, 6.45) is 0. The Morgan fingerprint density at radius 1 is 1.16 bits per heavy atom. The molecule has 104 valence electrons. The van der Waals surface area contributed by atoms with Crippen LogP contribution in [0.5, 0.6) is 0 Å². The number of nitro groups is 1. The van der Waals surface area contributed by atoms with Crippen LogP contribution < -0.4 is 0 Å². The highest BCUT2D eigenvalue weighted by molar-refractivity contribution is 6.24. The topological polar surface area (TPSA) is 67.9 Å². The Kier molecular flexibility index (Phi) is 5.00. The predicted octanol–water partition coefficient (Wildman–Crippen LogP) is 4.93. The van der Waals surface area contributed by atoms with E-state index in [0.717, 1.165) is 0 Å². The maximum Gasteiger partial charge on any atom is 0.269 e. The molecule has 0 aliphatic carbocycles. The second-order valence-electron chi connectivity index (χ2n) is 5.01. The lowest BCUT2D eigenvalue weighted by molar-refractivity contribution is -0.384. The first-order valence-corrected chi connectivity index (χ1v) is 6.51. The second kappa shape index (κ2) is 6.10. The van der Waals surface area contributed by atoms with Crippen molar-refractivity contribution in [3.63, 3.8) is 0 Å². The van der Waals surface area contributed by atoms with Crippen LogP contribution in [0.15, 0.2) is 34.5 Å². The number of hydrogen-bond acceptors (Lipinski definition) is 4. The summed E-state index contributed by atoms with van der Waals surface area (Å²) in [4.78, 5) is 9.33. The van der Waals surface area contributed by atoms with E-state index in [4.69, 9.17) is 11.6 Å². The Labute approximate surface area is 117 Å². The highest BCUT2D eigenvalue weighted by atomic mass is 35.5. The largest absolute Gasteiger partial charge is 0.269 e. The van der Waals surface area contributed by atoms with Gasteiger partial charge < -0.3 is 0 Å². The van der Waals surface area contributed by atoms with Crippen LogP contribution in [0.25, 0.3) is 0 Å². The molecule has 0 heterocycles. The monoisotopic (exact) mass is 283 g/mol. The number of azo groups is 1. The zero-order valence-corrected chi connectivity index (χ0v) is 12.3. The number of rotatable bonds is 5. The summed E-state index contributed by atoms with van der Waals surface area (Å²) >= 11 is 6.47. The maximum absolute atomic E-state index is 10.5. The zero-order valence-electron chi connectivity index (χ0n) is 11.5. The predicted molar refractivity (Wildman–Crippen MR) is 75.9 cm³/mol. The molecule has 0 amide bonds. The Bertz CT molecular complexity index is 461. The van der Waals surface area contributed by atoms with Gasteiger partial charge in [-0.25, -0.2) is 0 Å². The maximum atomic E-state index is 10.5. The number of benzene rings is 1. The normalized spacial score (nSPS) is 12.6. The van der Waals surface area contributed by atoms with Crippen LogP contribution in [0, 0.1) is 22.0 Å². The molecular weight excluding hydrogens is 266 g/mol. The third-order valence-electron chi connectivity index (χ3n) is 3.00. The summed E-state index contributed by atoms with van der Waals surface area (Å²) in [6.45, 7) is 7.95. The van der Waals surface area contributed by atoms with Crippen molar-refractivity contribution in [2.45, 2.75) is 32.7 Å². The summed E-state index contributed by atoms with van der Waals surface area (Å²) in [7, 11) is 0. The first-order valence-electron chi connectivity index (χ1n) is 6.13. The van der Waals surface area contributed by atoms with E-state index in [-0.39, 0.29) is 17.5 Å². The van der Waals surface area contributed by atoms with Crippen molar-refractivity contribution < 1.29 is 4.92 Å². The van der Waals surface area contributed by atoms with Gasteiger partial charge in [0.2, 0.25) is 0 Å². The van der Waals surface area contributed by atoms with Crippen molar-refractivity contribution in [1.29, 1.82) is 0 Å². The molecule has 1 aromatic rings. The molecule has 6 heteroatoms. The van der Waals surface area contributed by atoms with Gasteiger partial charge >= 0.3 is 0 Å². The van der Waals surface area contributed by atoms with Crippen LogP contribution in [-0.2, 0) is 0 Å². The lowest BCUT2D eigenvalue weighted by Gasteiger charge is -2.29. The lowest BCUT2D eigenvalue weighted by Crippen LogP contribution is -2.31. The number of non-ortho nitro benzene ring substituents is 1. The second-order valence-corrected chi connectivity index (χ2v) is 5.62. The highest BCUT2D eigenvalue weighted by Gasteiger charge is 2.35. The standard InChI is InChI=1S/C13H18ClN3O2/c1-9(2)13(14,10(3)4)16-15-11-5-7-12(8-6-11)17(18)19/h5-10H,1-4H3.